The van der Waals surface area contributed by atoms with Gasteiger partial charge in [-0.25, -0.2) is 4.79 Å². The highest BCUT2D eigenvalue weighted by Gasteiger charge is 2.33. The van der Waals surface area contributed by atoms with Crippen molar-refractivity contribution in [3.8, 4) is 11.5 Å². The average Bonchev–Trinajstić information content (AvgIpc) is 2.94. The Hall–Kier alpha value is -1.91. The highest BCUT2D eigenvalue weighted by molar-refractivity contribution is 5.69. The second-order valence-corrected chi connectivity index (χ2v) is 6.45. The minimum atomic E-state index is -0.484. The number of likely N-dealkylation sites (tertiary alicyclic amines) is 1. The Labute approximate surface area is 132 Å². The first kappa shape index (κ1) is 16.5. The van der Waals surface area contributed by atoms with Gasteiger partial charge < -0.3 is 19.1 Å². The summed E-state index contributed by atoms with van der Waals surface area (Å²) in [6.07, 6.45) is 1.64. The van der Waals surface area contributed by atoms with Crippen molar-refractivity contribution >= 4 is 6.09 Å². The molecule has 0 saturated carbocycles. The molecule has 0 spiro atoms. The molecule has 0 bridgehead atoms. The fourth-order valence-electron chi connectivity index (χ4n) is 2.71. The molecule has 1 heterocycles. The van der Waals surface area contributed by atoms with Gasteiger partial charge >= 0.3 is 6.09 Å². The molecule has 1 amide bonds. The number of benzene rings is 1. The fraction of sp³-hybridized carbons (Fsp3) is 0.588. The van der Waals surface area contributed by atoms with E-state index in [4.69, 9.17) is 14.2 Å². The van der Waals surface area contributed by atoms with Gasteiger partial charge in [0, 0.05) is 6.54 Å². The van der Waals surface area contributed by atoms with Gasteiger partial charge in [0.15, 0.2) is 11.5 Å². The van der Waals surface area contributed by atoms with E-state index in [1.807, 2.05) is 39.0 Å². The van der Waals surface area contributed by atoms with Crippen molar-refractivity contribution in [2.75, 3.05) is 20.8 Å². The molecule has 1 aliphatic heterocycles. The monoisotopic (exact) mass is 307 g/mol. The predicted molar refractivity (Wildman–Crippen MR) is 84.5 cm³/mol. The Morgan fingerprint density at radius 2 is 1.86 bits per heavy atom. The quantitative estimate of drug-likeness (QED) is 0.852. The van der Waals surface area contributed by atoms with Gasteiger partial charge in [-0.3, -0.25) is 0 Å². The first-order valence-corrected chi connectivity index (χ1v) is 7.57. The summed E-state index contributed by atoms with van der Waals surface area (Å²) in [5.74, 6) is 1.36. The first-order chi connectivity index (χ1) is 10.4. The number of hydrogen-bond acceptors (Lipinski definition) is 4. The van der Waals surface area contributed by atoms with Crippen molar-refractivity contribution in [1.82, 2.24) is 4.90 Å². The molecular formula is C17H25NO4. The second-order valence-electron chi connectivity index (χ2n) is 6.45. The molecule has 5 heteroatoms. The van der Waals surface area contributed by atoms with Gasteiger partial charge in [0.05, 0.1) is 20.3 Å². The molecule has 1 aromatic carbocycles. The zero-order valence-corrected chi connectivity index (χ0v) is 14.0. The molecule has 5 nitrogen and oxygen atoms in total. The van der Waals surface area contributed by atoms with Crippen LogP contribution in [0.5, 0.6) is 11.5 Å². The van der Waals surface area contributed by atoms with Gasteiger partial charge in [-0.2, -0.15) is 0 Å². The largest absolute Gasteiger partial charge is 0.493 e. The third-order valence-electron chi connectivity index (χ3n) is 3.67. The standard InChI is InChI=1S/C17H25NO4/c1-17(2,3)22-16(19)18-10-6-7-13(18)12-8-9-14(20-4)15(11-12)21-5/h8-9,11,13H,6-7,10H2,1-5H3/t13-/m1/s1. The SMILES string of the molecule is COc1ccc([C@H]2CCCN2C(=O)OC(C)(C)C)cc1OC. The van der Waals surface area contributed by atoms with Crippen LogP contribution in [0, 0.1) is 0 Å². The van der Waals surface area contributed by atoms with Crippen LogP contribution in [0.2, 0.25) is 0 Å². The number of amides is 1. The molecule has 1 fully saturated rings. The van der Waals surface area contributed by atoms with E-state index >= 15 is 0 Å². The van der Waals surface area contributed by atoms with Crippen LogP contribution in [-0.4, -0.2) is 37.4 Å². The van der Waals surface area contributed by atoms with Gasteiger partial charge in [-0.15, -0.1) is 0 Å². The van der Waals surface area contributed by atoms with E-state index in [-0.39, 0.29) is 12.1 Å². The van der Waals surface area contributed by atoms with E-state index in [9.17, 15) is 4.79 Å². The normalized spacial score (nSPS) is 18.2. The van der Waals surface area contributed by atoms with E-state index in [2.05, 4.69) is 0 Å². The van der Waals surface area contributed by atoms with Crippen LogP contribution < -0.4 is 9.47 Å². The molecule has 1 saturated heterocycles. The average molecular weight is 307 g/mol. The maximum absolute atomic E-state index is 12.4. The van der Waals surface area contributed by atoms with E-state index in [0.717, 1.165) is 18.4 Å². The zero-order chi connectivity index (χ0) is 16.3. The van der Waals surface area contributed by atoms with Crippen LogP contribution >= 0.6 is 0 Å². The molecule has 0 aliphatic carbocycles. The topological polar surface area (TPSA) is 48.0 Å². The summed E-state index contributed by atoms with van der Waals surface area (Å²) >= 11 is 0. The Kier molecular flexibility index (Phi) is 4.84. The van der Waals surface area contributed by atoms with Crippen molar-refractivity contribution in [3.05, 3.63) is 23.8 Å². The molecule has 0 N–H and O–H groups in total. The van der Waals surface area contributed by atoms with Crippen molar-refractivity contribution in [3.63, 3.8) is 0 Å². The number of nitrogens with zero attached hydrogens (tertiary/aromatic N) is 1. The van der Waals surface area contributed by atoms with Gasteiger partial charge in [-0.1, -0.05) is 6.07 Å². The number of carbonyl (C=O) groups is 1. The zero-order valence-electron chi connectivity index (χ0n) is 14.0. The van der Waals surface area contributed by atoms with Crippen molar-refractivity contribution < 1.29 is 19.0 Å². The maximum Gasteiger partial charge on any atom is 0.410 e. The lowest BCUT2D eigenvalue weighted by molar-refractivity contribution is 0.0224. The summed E-state index contributed by atoms with van der Waals surface area (Å²) in [5, 5.41) is 0. The number of carbonyl (C=O) groups excluding carboxylic acids is 1. The van der Waals surface area contributed by atoms with Crippen LogP contribution in [0.25, 0.3) is 0 Å². The number of hydrogen-bond donors (Lipinski definition) is 0. The number of rotatable bonds is 3. The van der Waals surface area contributed by atoms with Crippen LogP contribution in [0.15, 0.2) is 18.2 Å². The molecule has 1 atom stereocenters. The highest BCUT2D eigenvalue weighted by atomic mass is 16.6. The third kappa shape index (κ3) is 3.64. The van der Waals surface area contributed by atoms with E-state index in [0.29, 0.717) is 18.0 Å². The molecule has 1 aromatic rings. The van der Waals surface area contributed by atoms with Crippen molar-refractivity contribution in [2.45, 2.75) is 45.3 Å². The van der Waals surface area contributed by atoms with Crippen LogP contribution in [0.4, 0.5) is 4.79 Å². The Morgan fingerprint density at radius 3 is 2.45 bits per heavy atom. The predicted octanol–water partition coefficient (Wildman–Crippen LogP) is 3.78. The third-order valence-corrected chi connectivity index (χ3v) is 3.67. The number of methoxy groups -OCH3 is 2. The van der Waals surface area contributed by atoms with E-state index in [1.165, 1.54) is 0 Å². The maximum atomic E-state index is 12.4. The van der Waals surface area contributed by atoms with Crippen molar-refractivity contribution in [1.29, 1.82) is 0 Å². The van der Waals surface area contributed by atoms with Crippen LogP contribution in [0.1, 0.15) is 45.2 Å². The lowest BCUT2D eigenvalue weighted by Crippen LogP contribution is -2.36. The summed E-state index contributed by atoms with van der Waals surface area (Å²) in [6, 6.07) is 5.82. The van der Waals surface area contributed by atoms with E-state index in [1.54, 1.807) is 19.1 Å². The van der Waals surface area contributed by atoms with Gasteiger partial charge in [0.1, 0.15) is 5.60 Å². The Morgan fingerprint density at radius 1 is 1.18 bits per heavy atom. The minimum Gasteiger partial charge on any atom is -0.493 e. The van der Waals surface area contributed by atoms with Gasteiger partial charge in [0.2, 0.25) is 0 Å². The summed E-state index contributed by atoms with van der Waals surface area (Å²) in [4.78, 5) is 14.2. The molecule has 2 rings (SSSR count). The molecule has 1 aliphatic rings. The summed E-state index contributed by atoms with van der Waals surface area (Å²) in [6.45, 7) is 6.36. The fourth-order valence-corrected chi connectivity index (χ4v) is 2.71. The molecule has 122 valence electrons. The van der Waals surface area contributed by atoms with Crippen LogP contribution in [0.3, 0.4) is 0 Å². The molecule has 0 unspecified atom stereocenters. The lowest BCUT2D eigenvalue weighted by Gasteiger charge is -2.29. The molecule has 0 radical (unpaired) electrons. The number of ether oxygens (including phenoxy) is 3. The highest BCUT2D eigenvalue weighted by Crippen LogP contribution is 2.37. The first-order valence-electron chi connectivity index (χ1n) is 7.57. The van der Waals surface area contributed by atoms with Crippen LogP contribution in [-0.2, 0) is 4.74 Å². The lowest BCUT2D eigenvalue weighted by atomic mass is 10.0. The second kappa shape index (κ2) is 6.46. The summed E-state index contributed by atoms with van der Waals surface area (Å²) in [7, 11) is 3.22. The molecule has 22 heavy (non-hydrogen) atoms. The van der Waals surface area contributed by atoms with Gasteiger partial charge in [-0.05, 0) is 51.3 Å². The summed E-state index contributed by atoms with van der Waals surface area (Å²) < 4.78 is 16.1. The molecular weight excluding hydrogens is 282 g/mol. The minimum absolute atomic E-state index is 0.0228. The smallest absolute Gasteiger partial charge is 0.410 e. The summed E-state index contributed by atoms with van der Waals surface area (Å²) in [5.41, 5.74) is 0.558. The Bertz CT molecular complexity index is 536. The van der Waals surface area contributed by atoms with E-state index < -0.39 is 5.60 Å². The van der Waals surface area contributed by atoms with Gasteiger partial charge in [0.25, 0.3) is 0 Å². The molecule has 0 aromatic heterocycles. The van der Waals surface area contributed by atoms with Crippen molar-refractivity contribution in [2.24, 2.45) is 0 Å². The Balaban J connectivity index is 2.22.